The van der Waals surface area contributed by atoms with Crippen LogP contribution in [-0.2, 0) is 0 Å². The number of aromatic nitrogens is 1. The van der Waals surface area contributed by atoms with Crippen LogP contribution in [0.2, 0.25) is 0 Å². The minimum atomic E-state index is 0.0564. The molecule has 2 heterocycles. The third-order valence-electron chi connectivity index (χ3n) is 3.25. The fraction of sp³-hybridized carbons (Fsp3) is 0.500. The van der Waals surface area contributed by atoms with Crippen molar-refractivity contribution in [2.75, 3.05) is 24.6 Å². The first-order valence-corrected chi connectivity index (χ1v) is 6.04. The highest BCUT2D eigenvalue weighted by Gasteiger charge is 2.20. The van der Waals surface area contributed by atoms with Crippen molar-refractivity contribution < 1.29 is 10.3 Å². The lowest BCUT2D eigenvalue weighted by Gasteiger charge is -2.32. The Morgan fingerprint density at radius 2 is 2.39 bits per heavy atom. The molecule has 1 saturated heterocycles. The first-order valence-electron chi connectivity index (χ1n) is 6.04. The normalized spacial score (nSPS) is 21.1. The van der Waals surface area contributed by atoms with Crippen molar-refractivity contribution >= 4 is 11.7 Å². The van der Waals surface area contributed by atoms with Gasteiger partial charge in [-0.05, 0) is 30.9 Å². The van der Waals surface area contributed by atoms with Gasteiger partial charge in [0.05, 0.1) is 0 Å². The Bertz CT molecular complexity index is 419. The first-order chi connectivity index (χ1) is 8.74. The number of nitrogens with zero attached hydrogens (tertiary/aromatic N) is 3. The molecule has 6 nitrogen and oxygen atoms in total. The smallest absolute Gasteiger partial charge is 0.171 e. The highest BCUT2D eigenvalue weighted by Crippen LogP contribution is 2.21. The highest BCUT2D eigenvalue weighted by molar-refractivity contribution is 5.96. The molecule has 1 aromatic heterocycles. The molecule has 2 rings (SSSR count). The van der Waals surface area contributed by atoms with Crippen molar-refractivity contribution in [1.82, 2.24) is 4.98 Å². The predicted octanol–water partition coefficient (Wildman–Crippen LogP) is 0.385. The van der Waals surface area contributed by atoms with Gasteiger partial charge in [-0.2, -0.15) is 0 Å². The number of oxime groups is 1. The maximum absolute atomic E-state index is 9.20. The highest BCUT2D eigenvalue weighted by atomic mass is 16.4. The summed E-state index contributed by atoms with van der Waals surface area (Å²) in [7, 11) is 0. The summed E-state index contributed by atoms with van der Waals surface area (Å²) in [4.78, 5) is 6.47. The maximum Gasteiger partial charge on any atom is 0.171 e. The van der Waals surface area contributed by atoms with Gasteiger partial charge in [-0.25, -0.2) is 4.98 Å². The number of anilines is 1. The monoisotopic (exact) mass is 250 g/mol. The zero-order valence-corrected chi connectivity index (χ0v) is 10.2. The molecule has 0 aliphatic carbocycles. The average molecular weight is 250 g/mol. The van der Waals surface area contributed by atoms with Crippen molar-refractivity contribution in [2.24, 2.45) is 16.8 Å². The quantitative estimate of drug-likeness (QED) is 0.312. The van der Waals surface area contributed by atoms with Crippen molar-refractivity contribution in [3.05, 3.63) is 23.9 Å². The molecule has 0 saturated carbocycles. The third-order valence-corrected chi connectivity index (χ3v) is 3.25. The van der Waals surface area contributed by atoms with E-state index in [0.717, 1.165) is 31.7 Å². The Labute approximate surface area is 106 Å². The largest absolute Gasteiger partial charge is 0.409 e. The maximum atomic E-state index is 9.20. The third kappa shape index (κ3) is 2.70. The average Bonchev–Trinajstić information content (AvgIpc) is 2.46. The van der Waals surface area contributed by atoms with Gasteiger partial charge in [-0.15, -0.1) is 0 Å². The van der Waals surface area contributed by atoms with E-state index in [2.05, 4.69) is 15.0 Å². The minimum Gasteiger partial charge on any atom is -0.409 e. The molecule has 0 amide bonds. The van der Waals surface area contributed by atoms with E-state index in [0.29, 0.717) is 11.5 Å². The number of hydrogen-bond donors (Lipinski definition) is 3. The molecule has 4 N–H and O–H groups in total. The molecule has 1 unspecified atom stereocenters. The molecule has 98 valence electrons. The van der Waals surface area contributed by atoms with Gasteiger partial charge < -0.3 is 20.9 Å². The van der Waals surface area contributed by atoms with Crippen LogP contribution in [0.15, 0.2) is 23.5 Å². The van der Waals surface area contributed by atoms with Gasteiger partial charge in [0.2, 0.25) is 0 Å². The molecule has 0 radical (unpaired) electrons. The molecule has 18 heavy (non-hydrogen) atoms. The molecule has 1 aliphatic heterocycles. The zero-order chi connectivity index (χ0) is 13.0. The summed E-state index contributed by atoms with van der Waals surface area (Å²) in [5.41, 5.74) is 6.07. The molecule has 0 aromatic carbocycles. The van der Waals surface area contributed by atoms with Gasteiger partial charge in [0, 0.05) is 31.5 Å². The van der Waals surface area contributed by atoms with E-state index in [1.165, 1.54) is 0 Å². The van der Waals surface area contributed by atoms with Crippen molar-refractivity contribution in [1.29, 1.82) is 0 Å². The van der Waals surface area contributed by atoms with Crippen LogP contribution in [0, 0.1) is 5.92 Å². The van der Waals surface area contributed by atoms with Gasteiger partial charge in [0.25, 0.3) is 0 Å². The van der Waals surface area contributed by atoms with Crippen LogP contribution in [0.5, 0.6) is 0 Å². The number of hydrogen-bond acceptors (Lipinski definition) is 5. The van der Waals surface area contributed by atoms with Gasteiger partial charge in [-0.1, -0.05) is 5.16 Å². The Hall–Kier alpha value is -1.82. The fourth-order valence-corrected chi connectivity index (χ4v) is 2.20. The number of aliphatic hydroxyl groups is 1. The van der Waals surface area contributed by atoms with E-state index in [9.17, 15) is 5.11 Å². The molecular formula is C12H18N4O2. The summed E-state index contributed by atoms with van der Waals surface area (Å²) in [6, 6.07) is 3.63. The van der Waals surface area contributed by atoms with Crippen molar-refractivity contribution in [3.8, 4) is 0 Å². The predicted molar refractivity (Wildman–Crippen MR) is 68.8 cm³/mol. The lowest BCUT2D eigenvalue weighted by atomic mass is 9.99. The minimum absolute atomic E-state index is 0.0564. The van der Waals surface area contributed by atoms with Crippen molar-refractivity contribution in [3.63, 3.8) is 0 Å². The van der Waals surface area contributed by atoms with Gasteiger partial charge >= 0.3 is 0 Å². The van der Waals surface area contributed by atoms with Gasteiger partial charge in [0.1, 0.15) is 5.82 Å². The first kappa shape index (κ1) is 12.6. The lowest BCUT2D eigenvalue weighted by Crippen LogP contribution is -2.37. The number of nitrogens with two attached hydrogens (primary N) is 1. The number of pyridine rings is 1. The van der Waals surface area contributed by atoms with Crippen LogP contribution >= 0.6 is 0 Å². The molecule has 0 spiro atoms. The van der Waals surface area contributed by atoms with E-state index in [1.54, 1.807) is 12.3 Å². The molecule has 1 aromatic rings. The summed E-state index contributed by atoms with van der Waals surface area (Å²) >= 11 is 0. The Morgan fingerprint density at radius 3 is 3.00 bits per heavy atom. The van der Waals surface area contributed by atoms with E-state index < -0.39 is 0 Å². The number of amidine groups is 1. The SMILES string of the molecule is N/C(=N\O)c1ccc(N2CCCC(CO)C2)nc1. The van der Waals surface area contributed by atoms with Crippen LogP contribution < -0.4 is 10.6 Å². The van der Waals surface area contributed by atoms with Crippen LogP contribution in [0.1, 0.15) is 18.4 Å². The summed E-state index contributed by atoms with van der Waals surface area (Å²) < 4.78 is 0. The molecule has 1 aliphatic rings. The summed E-state index contributed by atoms with van der Waals surface area (Å²) in [5.74, 6) is 1.24. The Kier molecular flexibility index (Phi) is 3.99. The number of aliphatic hydroxyl groups excluding tert-OH is 1. The summed E-state index contributed by atoms with van der Waals surface area (Å²) in [5, 5.41) is 20.7. The fourth-order valence-electron chi connectivity index (χ4n) is 2.20. The van der Waals surface area contributed by atoms with E-state index in [1.807, 2.05) is 6.07 Å². The van der Waals surface area contributed by atoms with Crippen LogP contribution in [0.3, 0.4) is 0 Å². The van der Waals surface area contributed by atoms with Crippen LogP contribution in [0.25, 0.3) is 0 Å². The Balaban J connectivity index is 2.09. The van der Waals surface area contributed by atoms with E-state index in [4.69, 9.17) is 10.9 Å². The van der Waals surface area contributed by atoms with Gasteiger partial charge in [-0.3, -0.25) is 0 Å². The standard InChI is InChI=1S/C12H18N4O2/c13-12(15-18)10-3-4-11(14-6-10)16-5-1-2-9(7-16)8-17/h3-4,6,9,17-18H,1-2,5,7-8H2,(H2,13,15). The van der Waals surface area contributed by atoms with E-state index in [-0.39, 0.29) is 12.4 Å². The molecule has 6 heteroatoms. The molecular weight excluding hydrogens is 232 g/mol. The second-order valence-corrected chi connectivity index (χ2v) is 4.53. The topological polar surface area (TPSA) is 95.0 Å². The lowest BCUT2D eigenvalue weighted by molar-refractivity contribution is 0.208. The van der Waals surface area contributed by atoms with Gasteiger partial charge in [0.15, 0.2) is 5.84 Å². The molecule has 1 fully saturated rings. The number of piperidine rings is 1. The van der Waals surface area contributed by atoms with Crippen LogP contribution in [-0.4, -0.2) is 40.8 Å². The Morgan fingerprint density at radius 1 is 1.56 bits per heavy atom. The van der Waals surface area contributed by atoms with Crippen LogP contribution in [0.4, 0.5) is 5.82 Å². The summed E-state index contributed by atoms with van der Waals surface area (Å²) in [6.07, 6.45) is 3.72. The van der Waals surface area contributed by atoms with Crippen molar-refractivity contribution in [2.45, 2.75) is 12.8 Å². The van der Waals surface area contributed by atoms with E-state index >= 15 is 0 Å². The zero-order valence-electron chi connectivity index (χ0n) is 10.2. The molecule has 1 atom stereocenters. The summed E-state index contributed by atoms with van der Waals surface area (Å²) in [6.45, 7) is 2.00. The molecule has 0 bridgehead atoms. The second kappa shape index (κ2) is 5.68. The number of rotatable bonds is 3. The second-order valence-electron chi connectivity index (χ2n) is 4.53.